The third kappa shape index (κ3) is 6.57. The molecule has 4 N–H and O–H groups in total. The molecule has 1 unspecified atom stereocenters. The molecule has 0 saturated carbocycles. The summed E-state index contributed by atoms with van der Waals surface area (Å²) in [5.41, 5.74) is 4.60. The average molecular weight is 374 g/mol. The SMILES string of the molecule is CO[C@](O)(C(N)=O)C(CC(C)C)C(=O)N[C@H](C(=O)OC(C)C)C(C)(C)C. The Balaban J connectivity index is 5.74. The molecule has 8 nitrogen and oxygen atoms in total. The zero-order chi connectivity index (χ0) is 20.9. The molecule has 0 heterocycles. The van der Waals surface area contributed by atoms with Gasteiger partial charge in [0.15, 0.2) is 0 Å². The van der Waals surface area contributed by atoms with Crippen molar-refractivity contribution < 1.29 is 29.0 Å². The van der Waals surface area contributed by atoms with Crippen molar-refractivity contribution in [2.45, 2.75) is 72.8 Å². The number of methoxy groups -OCH3 is 1. The Hall–Kier alpha value is -1.67. The lowest BCUT2D eigenvalue weighted by molar-refractivity contribution is -0.218. The molecule has 2 amide bonds. The molecule has 152 valence electrons. The van der Waals surface area contributed by atoms with E-state index in [1.807, 2.05) is 13.8 Å². The highest BCUT2D eigenvalue weighted by atomic mass is 16.6. The van der Waals surface area contributed by atoms with Crippen molar-refractivity contribution >= 4 is 17.8 Å². The molecule has 0 radical (unpaired) electrons. The van der Waals surface area contributed by atoms with Crippen LogP contribution >= 0.6 is 0 Å². The molecule has 0 aliphatic heterocycles. The molecular weight excluding hydrogens is 340 g/mol. The Labute approximate surface area is 155 Å². The third-order valence-corrected chi connectivity index (χ3v) is 3.90. The Morgan fingerprint density at radius 2 is 1.62 bits per heavy atom. The van der Waals surface area contributed by atoms with Gasteiger partial charge in [-0.05, 0) is 31.6 Å². The summed E-state index contributed by atoms with van der Waals surface area (Å²) in [6.45, 7) is 12.4. The number of carbonyl (C=O) groups is 3. The molecule has 0 saturated heterocycles. The number of nitrogens with two attached hydrogens (primary N) is 1. The molecule has 8 heteroatoms. The van der Waals surface area contributed by atoms with Gasteiger partial charge in [0.1, 0.15) is 12.0 Å². The van der Waals surface area contributed by atoms with E-state index in [-0.39, 0.29) is 18.4 Å². The number of rotatable bonds is 9. The summed E-state index contributed by atoms with van der Waals surface area (Å²) in [6, 6.07) is -0.971. The first-order valence-corrected chi connectivity index (χ1v) is 8.75. The number of nitrogens with one attached hydrogen (secondary N) is 1. The fourth-order valence-corrected chi connectivity index (χ4v) is 2.50. The van der Waals surface area contributed by atoms with Crippen LogP contribution in [0.2, 0.25) is 0 Å². The van der Waals surface area contributed by atoms with Crippen LogP contribution in [0.25, 0.3) is 0 Å². The third-order valence-electron chi connectivity index (χ3n) is 3.90. The summed E-state index contributed by atoms with van der Waals surface area (Å²) >= 11 is 0. The number of carbonyl (C=O) groups excluding carboxylic acids is 3. The molecule has 0 aromatic rings. The van der Waals surface area contributed by atoms with E-state index in [0.29, 0.717) is 0 Å². The van der Waals surface area contributed by atoms with E-state index in [4.69, 9.17) is 15.2 Å². The summed E-state index contributed by atoms with van der Waals surface area (Å²) < 4.78 is 10.1. The van der Waals surface area contributed by atoms with Crippen LogP contribution in [0.15, 0.2) is 0 Å². The summed E-state index contributed by atoms with van der Waals surface area (Å²) in [7, 11) is 1.10. The molecular formula is C18H34N2O6. The number of esters is 1. The van der Waals surface area contributed by atoms with Crippen LogP contribution in [0.5, 0.6) is 0 Å². The van der Waals surface area contributed by atoms with E-state index in [1.165, 1.54) is 0 Å². The zero-order valence-corrected chi connectivity index (χ0v) is 17.1. The molecule has 0 aromatic carbocycles. The van der Waals surface area contributed by atoms with Crippen molar-refractivity contribution in [3.63, 3.8) is 0 Å². The minimum Gasteiger partial charge on any atom is -0.461 e. The predicted molar refractivity (Wildman–Crippen MR) is 96.7 cm³/mol. The van der Waals surface area contributed by atoms with Crippen molar-refractivity contribution in [1.82, 2.24) is 5.32 Å². The van der Waals surface area contributed by atoms with Gasteiger partial charge in [0.25, 0.3) is 11.7 Å². The number of hydrogen-bond acceptors (Lipinski definition) is 6. The van der Waals surface area contributed by atoms with Crippen LogP contribution in [0.4, 0.5) is 0 Å². The van der Waals surface area contributed by atoms with Gasteiger partial charge in [0.05, 0.1) is 6.10 Å². The summed E-state index contributed by atoms with van der Waals surface area (Å²) in [6.07, 6.45) is -0.216. The fourth-order valence-electron chi connectivity index (χ4n) is 2.50. The van der Waals surface area contributed by atoms with Crippen molar-refractivity contribution in [1.29, 1.82) is 0 Å². The van der Waals surface area contributed by atoms with Crippen LogP contribution in [0.1, 0.15) is 54.9 Å². The minimum absolute atomic E-state index is 0.0394. The van der Waals surface area contributed by atoms with Crippen LogP contribution in [0.3, 0.4) is 0 Å². The highest BCUT2D eigenvalue weighted by molar-refractivity contribution is 5.92. The Morgan fingerprint density at radius 1 is 1.12 bits per heavy atom. The minimum atomic E-state index is -2.47. The second-order valence-corrected chi connectivity index (χ2v) is 8.24. The lowest BCUT2D eigenvalue weighted by Gasteiger charge is -2.35. The van der Waals surface area contributed by atoms with E-state index >= 15 is 0 Å². The number of aliphatic hydroxyl groups is 1. The first-order chi connectivity index (χ1) is 11.7. The molecule has 0 aromatic heterocycles. The van der Waals surface area contributed by atoms with Gasteiger partial charge in [-0.15, -0.1) is 0 Å². The van der Waals surface area contributed by atoms with Crippen LogP contribution < -0.4 is 11.1 Å². The maximum atomic E-state index is 12.9. The van der Waals surface area contributed by atoms with Gasteiger partial charge in [-0.1, -0.05) is 34.6 Å². The van der Waals surface area contributed by atoms with E-state index < -0.39 is 40.9 Å². The normalized spacial score (nSPS) is 16.7. The second-order valence-electron chi connectivity index (χ2n) is 8.24. The molecule has 26 heavy (non-hydrogen) atoms. The largest absolute Gasteiger partial charge is 0.461 e. The Kier molecular flexibility index (Phi) is 8.72. The van der Waals surface area contributed by atoms with Gasteiger partial charge >= 0.3 is 5.97 Å². The van der Waals surface area contributed by atoms with Crippen LogP contribution in [-0.4, -0.2) is 47.9 Å². The smallest absolute Gasteiger partial charge is 0.329 e. The molecule has 0 bridgehead atoms. The fraction of sp³-hybridized carbons (Fsp3) is 0.833. The lowest BCUT2D eigenvalue weighted by atomic mass is 9.84. The number of hydrogen-bond donors (Lipinski definition) is 3. The van der Waals surface area contributed by atoms with E-state index in [9.17, 15) is 19.5 Å². The van der Waals surface area contributed by atoms with Gasteiger partial charge in [0.2, 0.25) is 5.91 Å². The quantitative estimate of drug-likeness (QED) is 0.407. The average Bonchev–Trinajstić information content (AvgIpc) is 2.46. The molecule has 0 aliphatic rings. The lowest BCUT2D eigenvalue weighted by Crippen LogP contribution is -2.60. The monoisotopic (exact) mass is 374 g/mol. The van der Waals surface area contributed by atoms with Gasteiger partial charge in [0, 0.05) is 7.11 Å². The first kappa shape index (κ1) is 24.3. The van der Waals surface area contributed by atoms with Crippen LogP contribution in [-0.2, 0) is 23.9 Å². The number of ether oxygens (including phenoxy) is 2. The maximum absolute atomic E-state index is 12.9. The molecule has 0 rings (SSSR count). The summed E-state index contributed by atoms with van der Waals surface area (Å²) in [4.78, 5) is 37.0. The summed E-state index contributed by atoms with van der Waals surface area (Å²) in [5, 5.41) is 13.1. The van der Waals surface area contributed by atoms with Crippen molar-refractivity contribution in [2.75, 3.05) is 7.11 Å². The molecule has 3 atom stereocenters. The molecule has 0 spiro atoms. The summed E-state index contributed by atoms with van der Waals surface area (Å²) in [5.74, 6) is -6.26. The molecule has 0 fully saturated rings. The van der Waals surface area contributed by atoms with Gasteiger partial charge in [-0.3, -0.25) is 9.59 Å². The van der Waals surface area contributed by atoms with Crippen molar-refractivity contribution in [3.05, 3.63) is 0 Å². The van der Waals surface area contributed by atoms with Gasteiger partial charge in [-0.25, -0.2) is 4.79 Å². The van der Waals surface area contributed by atoms with E-state index in [0.717, 1.165) is 7.11 Å². The van der Waals surface area contributed by atoms with Gasteiger partial charge < -0.3 is 25.6 Å². The maximum Gasteiger partial charge on any atom is 0.329 e. The highest BCUT2D eigenvalue weighted by Gasteiger charge is 2.49. The van der Waals surface area contributed by atoms with Gasteiger partial charge in [-0.2, -0.15) is 0 Å². The molecule has 0 aliphatic carbocycles. The highest BCUT2D eigenvalue weighted by Crippen LogP contribution is 2.28. The predicted octanol–water partition coefficient (Wildman–Crippen LogP) is 0.951. The first-order valence-electron chi connectivity index (χ1n) is 8.75. The Bertz CT molecular complexity index is 512. The van der Waals surface area contributed by atoms with Crippen LogP contribution in [0, 0.1) is 17.3 Å². The topological polar surface area (TPSA) is 128 Å². The van der Waals surface area contributed by atoms with Crippen molar-refractivity contribution in [3.8, 4) is 0 Å². The number of primary amides is 1. The second kappa shape index (κ2) is 9.32. The number of amides is 2. The zero-order valence-electron chi connectivity index (χ0n) is 17.1. The Morgan fingerprint density at radius 3 is 1.92 bits per heavy atom. The van der Waals surface area contributed by atoms with Crippen molar-refractivity contribution in [2.24, 2.45) is 23.0 Å². The van der Waals surface area contributed by atoms with E-state index in [1.54, 1.807) is 34.6 Å². The standard InChI is InChI=1S/C18H34N2O6/c1-10(2)9-12(18(24,25-8)16(19)23)14(21)20-13(17(5,6)7)15(22)26-11(3)4/h10-13,24H,9H2,1-8H3,(H2,19,23)(H,20,21)/t12?,13-,18+/m1/s1. The van der Waals surface area contributed by atoms with E-state index in [2.05, 4.69) is 5.32 Å².